The number of hydrogen-bond donors (Lipinski definition) is 3. The number of carbonyl (C=O) groups excluding carboxylic acids is 3. The van der Waals surface area contributed by atoms with Crippen molar-refractivity contribution in [1.82, 2.24) is 40.1 Å². The lowest BCUT2D eigenvalue weighted by molar-refractivity contribution is -0.117. The fourth-order valence-corrected chi connectivity index (χ4v) is 6.15. The molecule has 0 spiro atoms. The molecule has 0 bridgehead atoms. The molecule has 248 valence electrons. The molecule has 7 rings (SSSR count). The third-order valence-corrected chi connectivity index (χ3v) is 8.95. The standard InChI is InChI=1S/C34H38N10O4/c1-35-33(46)30-28(15-29(40-41-30)39-32(45)21-11-12-21)38-26-9-6-8-25(31(26)48-2)22-16-36-44(17-22)24-19-42(20-24)18-23-7-5-10-27(37-23)34(47)43-13-3-4-14-43/h5-10,15-17,21,24H,3-4,11-14,18-20H2,1-2H3,(H,35,46)(H2,38,39,40,45). The van der Waals surface area contributed by atoms with Gasteiger partial charge in [0.15, 0.2) is 11.5 Å². The predicted octanol–water partition coefficient (Wildman–Crippen LogP) is 3.49. The summed E-state index contributed by atoms with van der Waals surface area (Å²) in [6, 6.07) is 13.2. The number of carbonyl (C=O) groups is 3. The molecular weight excluding hydrogens is 612 g/mol. The monoisotopic (exact) mass is 650 g/mol. The maximum absolute atomic E-state index is 12.8. The fraction of sp³-hybridized carbons (Fsp3) is 0.382. The predicted molar refractivity (Wildman–Crippen MR) is 178 cm³/mol. The molecule has 0 atom stereocenters. The van der Waals surface area contributed by atoms with Crippen LogP contribution in [-0.2, 0) is 11.3 Å². The van der Waals surface area contributed by atoms with Gasteiger partial charge in [-0.1, -0.05) is 18.2 Å². The van der Waals surface area contributed by atoms with Crippen molar-refractivity contribution < 1.29 is 19.1 Å². The Labute approximate surface area is 277 Å². The van der Waals surface area contributed by atoms with Crippen molar-refractivity contribution in [3.63, 3.8) is 0 Å². The van der Waals surface area contributed by atoms with E-state index in [9.17, 15) is 14.4 Å². The lowest BCUT2D eigenvalue weighted by atomic mass is 10.1. The number of methoxy groups -OCH3 is 1. The number of rotatable bonds is 11. The Morgan fingerprint density at radius 3 is 2.54 bits per heavy atom. The molecule has 3 N–H and O–H groups in total. The Balaban J connectivity index is 1.04. The number of benzene rings is 1. The molecule has 1 saturated carbocycles. The van der Waals surface area contributed by atoms with E-state index in [-0.39, 0.29) is 35.3 Å². The first kappa shape index (κ1) is 31.2. The van der Waals surface area contributed by atoms with Gasteiger partial charge in [0, 0.05) is 69.1 Å². The molecule has 3 fully saturated rings. The summed E-state index contributed by atoms with van der Waals surface area (Å²) in [5.41, 5.74) is 4.15. The Kier molecular flexibility index (Phi) is 8.72. The molecule has 14 nitrogen and oxygen atoms in total. The van der Waals surface area contributed by atoms with E-state index in [1.165, 1.54) is 7.05 Å². The molecule has 3 aromatic heterocycles. The number of likely N-dealkylation sites (tertiary alicyclic amines) is 2. The Bertz CT molecular complexity index is 1840. The summed E-state index contributed by atoms with van der Waals surface area (Å²) in [4.78, 5) is 46.6. The van der Waals surface area contributed by atoms with E-state index in [1.54, 1.807) is 19.2 Å². The highest BCUT2D eigenvalue weighted by molar-refractivity contribution is 6.00. The van der Waals surface area contributed by atoms with Crippen LogP contribution in [0.4, 0.5) is 17.2 Å². The van der Waals surface area contributed by atoms with Crippen LogP contribution in [0.25, 0.3) is 11.1 Å². The molecule has 3 amide bonds. The molecule has 1 aromatic carbocycles. The Morgan fingerprint density at radius 1 is 1.00 bits per heavy atom. The molecule has 4 aromatic rings. The zero-order valence-electron chi connectivity index (χ0n) is 27.0. The summed E-state index contributed by atoms with van der Waals surface area (Å²) < 4.78 is 7.84. The average molecular weight is 651 g/mol. The van der Waals surface area contributed by atoms with Crippen LogP contribution in [0.2, 0.25) is 0 Å². The van der Waals surface area contributed by atoms with Crippen LogP contribution in [0.3, 0.4) is 0 Å². The topological polar surface area (TPSA) is 159 Å². The summed E-state index contributed by atoms with van der Waals surface area (Å²) in [6.07, 6.45) is 7.64. The first-order chi connectivity index (χ1) is 23.4. The van der Waals surface area contributed by atoms with Crippen molar-refractivity contribution in [2.24, 2.45) is 5.92 Å². The van der Waals surface area contributed by atoms with Crippen LogP contribution in [0, 0.1) is 5.92 Å². The van der Waals surface area contributed by atoms with Gasteiger partial charge < -0.3 is 25.6 Å². The third-order valence-electron chi connectivity index (χ3n) is 8.95. The van der Waals surface area contributed by atoms with Gasteiger partial charge in [-0.05, 0) is 43.9 Å². The van der Waals surface area contributed by atoms with E-state index in [0.29, 0.717) is 29.4 Å². The zero-order chi connectivity index (χ0) is 33.2. The van der Waals surface area contributed by atoms with Gasteiger partial charge in [-0.25, -0.2) is 4.98 Å². The van der Waals surface area contributed by atoms with Gasteiger partial charge in [0.1, 0.15) is 11.4 Å². The first-order valence-electron chi connectivity index (χ1n) is 16.3. The number of para-hydroxylation sites is 1. The van der Waals surface area contributed by atoms with Gasteiger partial charge >= 0.3 is 0 Å². The smallest absolute Gasteiger partial charge is 0.273 e. The molecule has 5 heterocycles. The molecule has 14 heteroatoms. The van der Waals surface area contributed by atoms with E-state index >= 15 is 0 Å². The highest BCUT2D eigenvalue weighted by Gasteiger charge is 2.31. The van der Waals surface area contributed by atoms with E-state index < -0.39 is 5.91 Å². The molecule has 0 radical (unpaired) electrons. The number of ether oxygens (including phenoxy) is 1. The summed E-state index contributed by atoms with van der Waals surface area (Å²) in [5.74, 6) is 0.297. The number of aromatic nitrogens is 5. The minimum atomic E-state index is -0.421. The highest BCUT2D eigenvalue weighted by Crippen LogP contribution is 2.39. The van der Waals surface area contributed by atoms with Crippen molar-refractivity contribution in [3.05, 3.63) is 71.9 Å². The van der Waals surface area contributed by atoms with Gasteiger partial charge in [0.2, 0.25) is 5.91 Å². The van der Waals surface area contributed by atoms with Gasteiger partial charge in [-0.2, -0.15) is 5.10 Å². The largest absolute Gasteiger partial charge is 0.494 e. The molecule has 0 unspecified atom stereocenters. The number of anilines is 3. The molecule has 1 aliphatic carbocycles. The van der Waals surface area contributed by atoms with Crippen LogP contribution in [0.15, 0.2) is 54.9 Å². The summed E-state index contributed by atoms with van der Waals surface area (Å²) in [6.45, 7) is 3.90. The van der Waals surface area contributed by atoms with Crippen molar-refractivity contribution in [2.45, 2.75) is 38.3 Å². The van der Waals surface area contributed by atoms with E-state index in [0.717, 1.165) is 68.7 Å². The molecule has 2 aliphatic heterocycles. The second kappa shape index (κ2) is 13.4. The quantitative estimate of drug-likeness (QED) is 0.219. The highest BCUT2D eigenvalue weighted by atomic mass is 16.5. The summed E-state index contributed by atoms with van der Waals surface area (Å²) in [7, 11) is 3.11. The molecule has 48 heavy (non-hydrogen) atoms. The fourth-order valence-electron chi connectivity index (χ4n) is 6.15. The SMILES string of the molecule is CNC(=O)c1nnc(NC(=O)C2CC2)cc1Nc1cccc(-c2cnn(C3CN(Cc4cccc(C(=O)N5CCCC5)n4)C3)c2)c1OC. The molecule has 2 saturated heterocycles. The van der Waals surface area contributed by atoms with Gasteiger partial charge in [-0.3, -0.25) is 24.0 Å². The second-order valence-electron chi connectivity index (χ2n) is 12.4. The number of nitrogens with one attached hydrogen (secondary N) is 3. The van der Waals surface area contributed by atoms with Crippen LogP contribution in [0.1, 0.15) is 58.4 Å². The maximum atomic E-state index is 12.8. The van der Waals surface area contributed by atoms with Crippen molar-refractivity contribution in [1.29, 1.82) is 0 Å². The zero-order valence-corrected chi connectivity index (χ0v) is 27.0. The molecule has 3 aliphatic rings. The normalized spacial score (nSPS) is 16.3. The number of amides is 3. The summed E-state index contributed by atoms with van der Waals surface area (Å²) in [5, 5.41) is 21.5. The number of hydrogen-bond acceptors (Lipinski definition) is 10. The second-order valence-corrected chi connectivity index (χ2v) is 12.4. The first-order valence-corrected chi connectivity index (χ1v) is 16.3. The van der Waals surface area contributed by atoms with E-state index in [2.05, 4.69) is 41.1 Å². The van der Waals surface area contributed by atoms with E-state index in [4.69, 9.17) is 4.74 Å². The number of nitrogens with zero attached hydrogens (tertiary/aromatic N) is 7. The summed E-state index contributed by atoms with van der Waals surface area (Å²) >= 11 is 0. The van der Waals surface area contributed by atoms with Gasteiger partial charge in [0.05, 0.1) is 36.4 Å². The average Bonchev–Trinajstić information content (AvgIpc) is 3.58. The third kappa shape index (κ3) is 6.56. The van der Waals surface area contributed by atoms with Crippen LogP contribution < -0.4 is 20.7 Å². The Hall–Kier alpha value is -5.37. The minimum absolute atomic E-state index is 0.00644. The van der Waals surface area contributed by atoms with Crippen LogP contribution in [-0.4, -0.2) is 92.8 Å². The van der Waals surface area contributed by atoms with Crippen molar-refractivity contribution >= 4 is 34.9 Å². The number of pyridine rings is 1. The van der Waals surface area contributed by atoms with Crippen LogP contribution >= 0.6 is 0 Å². The van der Waals surface area contributed by atoms with Gasteiger partial charge in [0.25, 0.3) is 11.8 Å². The van der Waals surface area contributed by atoms with Crippen molar-refractivity contribution in [3.8, 4) is 16.9 Å². The van der Waals surface area contributed by atoms with Crippen LogP contribution in [0.5, 0.6) is 5.75 Å². The lowest BCUT2D eigenvalue weighted by Crippen LogP contribution is -2.47. The lowest BCUT2D eigenvalue weighted by Gasteiger charge is -2.39. The maximum Gasteiger partial charge on any atom is 0.273 e. The van der Waals surface area contributed by atoms with E-state index in [1.807, 2.05) is 52.3 Å². The van der Waals surface area contributed by atoms with Gasteiger partial charge in [-0.15, -0.1) is 10.2 Å². The molecular formula is C34H38N10O4. The van der Waals surface area contributed by atoms with Crippen molar-refractivity contribution in [2.75, 3.05) is 51.0 Å². The minimum Gasteiger partial charge on any atom is -0.494 e. The Morgan fingerprint density at radius 2 is 1.79 bits per heavy atom.